The van der Waals surface area contributed by atoms with Gasteiger partial charge in [-0.3, -0.25) is 9.59 Å². The van der Waals surface area contributed by atoms with Crippen LogP contribution >= 0.6 is 0 Å². The Morgan fingerprint density at radius 3 is 1.43 bits per heavy atom. The molecule has 30 heavy (non-hydrogen) atoms. The van der Waals surface area contributed by atoms with Gasteiger partial charge in [0.15, 0.2) is 17.4 Å². The van der Waals surface area contributed by atoms with Gasteiger partial charge in [-0.15, -0.1) is 0 Å². The predicted molar refractivity (Wildman–Crippen MR) is 126 cm³/mol. The van der Waals surface area contributed by atoms with Crippen molar-refractivity contribution in [2.75, 3.05) is 0 Å². The van der Waals surface area contributed by atoms with E-state index in [1.54, 1.807) is 0 Å². The van der Waals surface area contributed by atoms with Crippen molar-refractivity contribution in [2.45, 2.75) is 129 Å². The van der Waals surface area contributed by atoms with E-state index in [-0.39, 0.29) is 36.1 Å². The second kappa shape index (κ2) is 22.6. The van der Waals surface area contributed by atoms with Crippen molar-refractivity contribution in [3.8, 4) is 0 Å². The molecule has 0 aromatic rings. The van der Waals surface area contributed by atoms with Crippen LogP contribution in [0.5, 0.6) is 0 Å². The van der Waals surface area contributed by atoms with Crippen molar-refractivity contribution >= 4 is 35.2 Å². The zero-order valence-corrected chi connectivity index (χ0v) is 18.4. The third-order valence-corrected chi connectivity index (χ3v) is 5.29. The molecule has 176 valence electrons. The largest absolute Gasteiger partial charge is 0.481 e. The lowest BCUT2D eigenvalue weighted by Crippen LogP contribution is -2.41. The predicted octanol–water partition coefficient (Wildman–Crippen LogP) is 4.50. The van der Waals surface area contributed by atoms with E-state index < -0.39 is 18.0 Å². The van der Waals surface area contributed by atoms with E-state index in [4.69, 9.17) is 10.2 Å². The smallest absolute Gasteiger partial charge is 0.326 e. The van der Waals surface area contributed by atoms with Crippen molar-refractivity contribution < 1.29 is 24.6 Å². The summed E-state index contributed by atoms with van der Waals surface area (Å²) in [5, 5.41) is 20.1. The zero-order chi connectivity index (χ0) is 21.7. The van der Waals surface area contributed by atoms with Crippen molar-refractivity contribution in [3.63, 3.8) is 0 Å². The number of carboxylic acid groups (broad SMARTS) is 2. The van der Waals surface area contributed by atoms with Gasteiger partial charge in [0.1, 0.15) is 6.04 Å². The molecular formula is C23H46AlNO5. The first kappa shape index (κ1) is 31.1. The van der Waals surface area contributed by atoms with Crippen molar-refractivity contribution in [1.29, 1.82) is 0 Å². The summed E-state index contributed by atoms with van der Waals surface area (Å²) < 4.78 is 0. The Kier molecular flexibility index (Phi) is 23.5. The maximum atomic E-state index is 11.8. The Hall–Kier alpha value is -1.06. The fourth-order valence-electron chi connectivity index (χ4n) is 3.45. The molecule has 3 N–H and O–H groups in total. The molecule has 0 spiro atoms. The number of hydrogen-bond acceptors (Lipinski definition) is 3. The summed E-state index contributed by atoms with van der Waals surface area (Å²) in [6.07, 6.45) is 18.8. The van der Waals surface area contributed by atoms with Gasteiger partial charge in [0.05, 0.1) is 0 Å². The molecule has 1 amide bonds. The highest BCUT2D eigenvalue weighted by Crippen LogP contribution is 2.13. The average molecular weight is 444 g/mol. The van der Waals surface area contributed by atoms with E-state index in [2.05, 4.69) is 12.2 Å². The number of amides is 1. The molecule has 0 aromatic carbocycles. The number of carbonyl (C=O) groups is 3. The lowest BCUT2D eigenvalue weighted by Gasteiger charge is -2.13. The van der Waals surface area contributed by atoms with Crippen LogP contribution in [0.25, 0.3) is 0 Å². The first-order valence-corrected chi connectivity index (χ1v) is 11.7. The van der Waals surface area contributed by atoms with Crippen LogP contribution in [0, 0.1) is 0 Å². The molecule has 1 atom stereocenters. The molecular weight excluding hydrogens is 397 g/mol. The Bertz CT molecular complexity index is 445. The quantitative estimate of drug-likeness (QED) is 0.179. The minimum Gasteiger partial charge on any atom is -0.481 e. The van der Waals surface area contributed by atoms with Gasteiger partial charge in [-0.25, -0.2) is 4.79 Å². The molecule has 0 radical (unpaired) electrons. The molecule has 0 bridgehead atoms. The number of aliphatic carboxylic acids is 2. The van der Waals surface area contributed by atoms with E-state index >= 15 is 0 Å². The fourth-order valence-corrected chi connectivity index (χ4v) is 3.45. The molecule has 1 unspecified atom stereocenters. The Balaban J connectivity index is 0. The molecule has 6 nitrogen and oxygen atoms in total. The van der Waals surface area contributed by atoms with E-state index in [9.17, 15) is 14.4 Å². The minimum atomic E-state index is -1.18. The topological polar surface area (TPSA) is 104 Å². The molecule has 0 saturated heterocycles. The van der Waals surface area contributed by atoms with Crippen molar-refractivity contribution in [1.82, 2.24) is 5.32 Å². The Labute approximate surface area is 193 Å². The van der Waals surface area contributed by atoms with Crippen LogP contribution in [0.2, 0.25) is 0 Å². The lowest BCUT2D eigenvalue weighted by atomic mass is 10.0. The van der Waals surface area contributed by atoms with Gasteiger partial charge in [-0.2, -0.15) is 0 Å². The minimum absolute atomic E-state index is 0. The second-order valence-corrected chi connectivity index (χ2v) is 8.09. The third kappa shape index (κ3) is 21.6. The highest BCUT2D eigenvalue weighted by molar-refractivity contribution is 5.83. The molecule has 0 aliphatic rings. The standard InChI is InChI=1S/C23H43NO5.Al.3H/c1-2-3-4-5-6-7-8-9-10-11-12-13-14-15-16-17-21(25)24-20(23(28)29)18-19-22(26)27;;;;/h20H,2-19H2,1H3,(H,24,25)(H,26,27)(H,28,29);;;;. The summed E-state index contributed by atoms with van der Waals surface area (Å²) in [7, 11) is 0. The van der Waals surface area contributed by atoms with E-state index in [0.717, 1.165) is 19.3 Å². The molecule has 0 saturated carbocycles. The van der Waals surface area contributed by atoms with Gasteiger partial charge >= 0.3 is 11.9 Å². The number of unbranched alkanes of at least 4 members (excludes halogenated alkanes) is 14. The number of carboxylic acids is 2. The first-order valence-electron chi connectivity index (χ1n) is 11.7. The third-order valence-electron chi connectivity index (χ3n) is 5.29. The van der Waals surface area contributed by atoms with E-state index in [0.29, 0.717) is 6.42 Å². The van der Waals surface area contributed by atoms with E-state index in [1.165, 1.54) is 77.0 Å². The highest BCUT2D eigenvalue weighted by Gasteiger charge is 2.20. The summed E-state index contributed by atoms with van der Waals surface area (Å²) in [5.41, 5.74) is 0. The van der Waals surface area contributed by atoms with Gasteiger partial charge in [-0.1, -0.05) is 96.8 Å². The molecule has 0 rings (SSSR count). The average Bonchev–Trinajstić information content (AvgIpc) is 2.67. The van der Waals surface area contributed by atoms with Crippen LogP contribution in [0.3, 0.4) is 0 Å². The van der Waals surface area contributed by atoms with Crippen LogP contribution in [0.4, 0.5) is 0 Å². The van der Waals surface area contributed by atoms with E-state index in [1.807, 2.05) is 0 Å². The van der Waals surface area contributed by atoms with Gasteiger partial charge in [-0.05, 0) is 12.8 Å². The number of hydrogen-bond donors (Lipinski definition) is 3. The number of rotatable bonds is 21. The van der Waals surface area contributed by atoms with Crippen molar-refractivity contribution in [2.24, 2.45) is 0 Å². The number of carbonyl (C=O) groups excluding carboxylic acids is 1. The summed E-state index contributed by atoms with van der Waals surface area (Å²) >= 11 is 0. The van der Waals surface area contributed by atoms with Crippen LogP contribution in [-0.2, 0) is 14.4 Å². The summed E-state index contributed by atoms with van der Waals surface area (Å²) in [6, 6.07) is -1.12. The second-order valence-electron chi connectivity index (χ2n) is 8.09. The maximum absolute atomic E-state index is 11.8. The zero-order valence-electron chi connectivity index (χ0n) is 18.4. The van der Waals surface area contributed by atoms with Crippen LogP contribution < -0.4 is 5.32 Å². The summed E-state index contributed by atoms with van der Waals surface area (Å²) in [5.74, 6) is -2.55. The van der Waals surface area contributed by atoms with Crippen LogP contribution in [0.15, 0.2) is 0 Å². The molecule has 0 aliphatic carbocycles. The van der Waals surface area contributed by atoms with Gasteiger partial charge in [0, 0.05) is 12.8 Å². The molecule has 0 heterocycles. The first-order chi connectivity index (χ1) is 14.0. The fraction of sp³-hybridized carbons (Fsp3) is 0.870. The SMILES string of the molecule is CCCCCCCCCCCCCCCCCC(=O)NC(CCC(=O)O)C(=O)O.[AlH3]. The number of nitrogens with one attached hydrogen (secondary N) is 1. The Morgan fingerprint density at radius 2 is 1.07 bits per heavy atom. The summed E-state index contributed by atoms with van der Waals surface area (Å²) in [4.78, 5) is 33.4. The summed E-state index contributed by atoms with van der Waals surface area (Å²) in [6.45, 7) is 2.25. The molecule has 0 fully saturated rings. The van der Waals surface area contributed by atoms with Gasteiger partial charge in [0.25, 0.3) is 0 Å². The van der Waals surface area contributed by atoms with Crippen molar-refractivity contribution in [3.05, 3.63) is 0 Å². The monoisotopic (exact) mass is 443 g/mol. The Morgan fingerprint density at radius 1 is 0.667 bits per heavy atom. The highest BCUT2D eigenvalue weighted by atomic mass is 27.0. The van der Waals surface area contributed by atoms with Crippen LogP contribution in [0.1, 0.15) is 122 Å². The van der Waals surface area contributed by atoms with Gasteiger partial charge < -0.3 is 15.5 Å². The van der Waals surface area contributed by atoms with Gasteiger partial charge in [0.2, 0.25) is 5.91 Å². The normalized spacial score (nSPS) is 11.5. The van der Waals surface area contributed by atoms with Crippen LogP contribution in [-0.4, -0.2) is 51.5 Å². The molecule has 0 aliphatic heterocycles. The lowest BCUT2D eigenvalue weighted by molar-refractivity contribution is -0.143. The molecule has 0 aromatic heterocycles. The molecule has 7 heteroatoms. The maximum Gasteiger partial charge on any atom is 0.326 e.